The summed E-state index contributed by atoms with van der Waals surface area (Å²) in [5, 5.41) is 1.75. The lowest BCUT2D eigenvalue weighted by atomic mass is 10.1. The van der Waals surface area contributed by atoms with Gasteiger partial charge in [-0.2, -0.15) is 0 Å². The number of amides is 1. The van der Waals surface area contributed by atoms with Crippen LogP contribution in [0, 0.1) is 5.82 Å². The van der Waals surface area contributed by atoms with Crippen molar-refractivity contribution in [2.45, 2.75) is 26.4 Å². The number of carbonyl (C=O) groups is 1. The molecule has 0 spiro atoms. The number of hydrogen-bond acceptors (Lipinski definition) is 3. The van der Waals surface area contributed by atoms with Crippen LogP contribution in [0.5, 0.6) is 0 Å². The van der Waals surface area contributed by atoms with Crippen LogP contribution in [0.15, 0.2) is 95.0 Å². The van der Waals surface area contributed by atoms with Crippen LogP contribution in [0.25, 0.3) is 17.0 Å². The number of carbonyl (C=O) groups excluding carboxylic acids is 1. The van der Waals surface area contributed by atoms with Crippen molar-refractivity contribution in [1.29, 1.82) is 0 Å². The molecule has 5 rings (SSSR count). The molecule has 0 radical (unpaired) electrons. The van der Waals surface area contributed by atoms with E-state index in [0.29, 0.717) is 16.6 Å². The molecule has 0 N–H and O–H groups in total. The third kappa shape index (κ3) is 4.41. The third-order valence-electron chi connectivity index (χ3n) is 5.71. The molecule has 0 saturated carbocycles. The number of benzene rings is 3. The molecule has 1 aliphatic rings. The lowest BCUT2D eigenvalue weighted by Crippen LogP contribution is -2.35. The predicted molar refractivity (Wildman–Crippen MR) is 139 cm³/mol. The van der Waals surface area contributed by atoms with Crippen LogP contribution < -0.4 is 0 Å². The van der Waals surface area contributed by atoms with Crippen molar-refractivity contribution in [3.05, 3.63) is 107 Å². The lowest BCUT2D eigenvalue weighted by Gasteiger charge is -2.19. The Labute approximate surface area is 202 Å². The van der Waals surface area contributed by atoms with Crippen molar-refractivity contribution in [2.75, 3.05) is 0 Å². The van der Waals surface area contributed by atoms with Crippen LogP contribution in [0.4, 0.5) is 10.1 Å². The summed E-state index contributed by atoms with van der Waals surface area (Å²) in [5.74, 6) is -0.281. The zero-order valence-corrected chi connectivity index (χ0v) is 19.8. The van der Waals surface area contributed by atoms with Gasteiger partial charge < -0.3 is 4.57 Å². The van der Waals surface area contributed by atoms with Gasteiger partial charge in [-0.05, 0) is 67.6 Å². The van der Waals surface area contributed by atoms with Crippen LogP contribution in [0.3, 0.4) is 0 Å². The Balaban J connectivity index is 1.53. The molecule has 170 valence electrons. The van der Waals surface area contributed by atoms with E-state index in [1.165, 1.54) is 23.9 Å². The number of halogens is 1. The summed E-state index contributed by atoms with van der Waals surface area (Å²) >= 11 is 1.40. The molecular weight excluding hydrogens is 445 g/mol. The van der Waals surface area contributed by atoms with Crippen molar-refractivity contribution < 1.29 is 9.18 Å². The summed E-state index contributed by atoms with van der Waals surface area (Å²) in [7, 11) is 0. The minimum Gasteiger partial charge on any atom is -0.342 e. The number of nitrogens with zero attached hydrogens (tertiary/aromatic N) is 3. The summed E-state index contributed by atoms with van der Waals surface area (Å²) < 4.78 is 15.5. The van der Waals surface area contributed by atoms with Crippen molar-refractivity contribution in [3.63, 3.8) is 0 Å². The highest BCUT2D eigenvalue weighted by molar-refractivity contribution is 8.18. The second kappa shape index (κ2) is 9.31. The maximum Gasteiger partial charge on any atom is 0.266 e. The predicted octanol–water partition coefficient (Wildman–Crippen LogP) is 6.84. The van der Waals surface area contributed by atoms with E-state index in [1.807, 2.05) is 62.4 Å². The highest BCUT2D eigenvalue weighted by Gasteiger charge is 2.35. The minimum atomic E-state index is -0.244. The Morgan fingerprint density at radius 2 is 1.68 bits per heavy atom. The van der Waals surface area contributed by atoms with Crippen LogP contribution in [-0.4, -0.2) is 26.6 Å². The molecule has 0 bridgehead atoms. The molecular formula is C28H24FN3OS. The normalized spacial score (nSPS) is 16.5. The number of para-hydroxylation sites is 2. The Hall–Kier alpha value is -3.64. The number of hydrogen-bond donors (Lipinski definition) is 0. The summed E-state index contributed by atoms with van der Waals surface area (Å²) in [5.41, 5.74) is 3.86. The van der Waals surface area contributed by atoms with Crippen molar-refractivity contribution in [3.8, 4) is 0 Å². The molecule has 2 heterocycles. The van der Waals surface area contributed by atoms with Gasteiger partial charge in [-0.15, -0.1) is 0 Å². The molecule has 4 nitrogen and oxygen atoms in total. The van der Waals surface area contributed by atoms with Gasteiger partial charge in [0, 0.05) is 35.2 Å². The quantitative estimate of drug-likeness (QED) is 0.300. The van der Waals surface area contributed by atoms with Crippen LogP contribution in [0.1, 0.15) is 25.0 Å². The fourth-order valence-corrected chi connectivity index (χ4v) is 5.19. The van der Waals surface area contributed by atoms with Crippen LogP contribution in [0.2, 0.25) is 0 Å². The van der Waals surface area contributed by atoms with Crippen molar-refractivity contribution in [1.82, 2.24) is 9.47 Å². The second-order valence-corrected chi connectivity index (χ2v) is 9.47. The van der Waals surface area contributed by atoms with E-state index in [0.717, 1.165) is 27.7 Å². The third-order valence-corrected chi connectivity index (χ3v) is 6.69. The first-order chi connectivity index (χ1) is 16.5. The van der Waals surface area contributed by atoms with Gasteiger partial charge >= 0.3 is 0 Å². The first kappa shape index (κ1) is 22.2. The second-order valence-electron chi connectivity index (χ2n) is 8.47. The van der Waals surface area contributed by atoms with Gasteiger partial charge in [-0.25, -0.2) is 9.38 Å². The first-order valence-electron chi connectivity index (χ1n) is 11.2. The van der Waals surface area contributed by atoms with Gasteiger partial charge in [0.25, 0.3) is 5.91 Å². The van der Waals surface area contributed by atoms with Gasteiger partial charge in [-0.3, -0.25) is 9.69 Å². The van der Waals surface area contributed by atoms with E-state index >= 15 is 0 Å². The van der Waals surface area contributed by atoms with E-state index in [-0.39, 0.29) is 17.8 Å². The average molecular weight is 470 g/mol. The fourth-order valence-electron chi connectivity index (χ4n) is 4.08. The molecule has 3 aromatic carbocycles. The summed E-state index contributed by atoms with van der Waals surface area (Å²) in [6.07, 6.45) is 4.01. The molecule has 1 fully saturated rings. The van der Waals surface area contributed by atoms with E-state index in [1.54, 1.807) is 17.0 Å². The molecule has 1 amide bonds. The maximum absolute atomic E-state index is 13.3. The molecule has 0 aliphatic carbocycles. The standard InChI is InChI=1S/C28H24FN3OS/c1-19(2)32-27(33)26(34-28(32)30-23-8-4-3-5-9-23)16-21-18-31(25-11-7-6-10-24(21)25)17-20-12-14-22(29)15-13-20/h3-16,18-19H,17H2,1-2H3/b26-16+,30-28?. The monoisotopic (exact) mass is 469 g/mol. The van der Waals surface area contributed by atoms with E-state index < -0.39 is 0 Å². The van der Waals surface area contributed by atoms with E-state index in [4.69, 9.17) is 4.99 Å². The lowest BCUT2D eigenvalue weighted by molar-refractivity contribution is -0.123. The zero-order chi connectivity index (χ0) is 23.7. The van der Waals surface area contributed by atoms with Gasteiger partial charge in [0.2, 0.25) is 0 Å². The molecule has 1 aromatic heterocycles. The molecule has 4 aromatic rings. The highest BCUT2D eigenvalue weighted by Crippen LogP contribution is 2.36. The Bertz CT molecular complexity index is 1400. The molecule has 1 saturated heterocycles. The average Bonchev–Trinajstić information content (AvgIpc) is 3.33. The SMILES string of the molecule is CC(C)N1C(=O)/C(=C\c2cn(Cc3ccc(F)cc3)c3ccccc23)SC1=Nc1ccccc1. The Morgan fingerprint density at radius 3 is 2.41 bits per heavy atom. The molecule has 6 heteroatoms. The Morgan fingerprint density at radius 1 is 0.971 bits per heavy atom. The first-order valence-corrected chi connectivity index (χ1v) is 12.0. The molecule has 1 aliphatic heterocycles. The van der Waals surface area contributed by atoms with Crippen LogP contribution in [-0.2, 0) is 11.3 Å². The van der Waals surface area contributed by atoms with Crippen molar-refractivity contribution in [2.24, 2.45) is 4.99 Å². The van der Waals surface area contributed by atoms with Gasteiger partial charge in [0.15, 0.2) is 5.17 Å². The van der Waals surface area contributed by atoms with E-state index in [9.17, 15) is 9.18 Å². The van der Waals surface area contributed by atoms with Crippen LogP contribution >= 0.6 is 11.8 Å². The maximum atomic E-state index is 13.3. The minimum absolute atomic E-state index is 0.00631. The number of aromatic nitrogens is 1. The number of aliphatic imine (C=N–C) groups is 1. The highest BCUT2D eigenvalue weighted by atomic mass is 32.2. The zero-order valence-electron chi connectivity index (χ0n) is 19.0. The van der Waals surface area contributed by atoms with Gasteiger partial charge in [0.1, 0.15) is 5.82 Å². The topological polar surface area (TPSA) is 37.6 Å². The van der Waals surface area contributed by atoms with Crippen molar-refractivity contribution >= 4 is 45.5 Å². The number of thioether (sulfide) groups is 1. The molecule has 0 unspecified atom stereocenters. The van der Waals surface area contributed by atoms with Gasteiger partial charge in [-0.1, -0.05) is 48.5 Å². The fraction of sp³-hybridized carbons (Fsp3) is 0.143. The Kier molecular flexibility index (Phi) is 6.07. The largest absolute Gasteiger partial charge is 0.342 e. The smallest absolute Gasteiger partial charge is 0.266 e. The number of amidine groups is 1. The molecule has 0 atom stereocenters. The summed E-state index contributed by atoms with van der Waals surface area (Å²) in [6, 6.07) is 24.4. The summed E-state index contributed by atoms with van der Waals surface area (Å²) in [4.78, 5) is 20.5. The molecule has 34 heavy (non-hydrogen) atoms. The number of rotatable bonds is 5. The van der Waals surface area contributed by atoms with E-state index in [2.05, 4.69) is 22.9 Å². The van der Waals surface area contributed by atoms with Gasteiger partial charge in [0.05, 0.1) is 10.6 Å². The summed E-state index contributed by atoms with van der Waals surface area (Å²) in [6.45, 7) is 4.61. The number of fused-ring (bicyclic) bond motifs is 1.